The van der Waals surface area contributed by atoms with E-state index in [1.165, 1.54) is 0 Å². The smallest absolute Gasteiger partial charge is 0.0940 e. The Morgan fingerprint density at radius 2 is 2.08 bits per heavy atom. The molecule has 1 aliphatic heterocycles. The predicted molar refractivity (Wildman–Crippen MR) is 47.5 cm³/mol. The molecule has 1 saturated heterocycles. The summed E-state index contributed by atoms with van der Waals surface area (Å²) in [5.74, 6) is 0. The number of rotatable bonds is 1. The Kier molecular flexibility index (Phi) is 2.88. The Morgan fingerprint density at radius 1 is 1.50 bits per heavy atom. The van der Waals surface area contributed by atoms with Crippen molar-refractivity contribution in [1.29, 1.82) is 5.26 Å². The molecule has 12 heavy (non-hydrogen) atoms. The van der Waals surface area contributed by atoms with Crippen LogP contribution < -0.4 is 0 Å². The van der Waals surface area contributed by atoms with Crippen molar-refractivity contribution in [2.45, 2.75) is 26.7 Å². The van der Waals surface area contributed by atoms with Crippen molar-refractivity contribution in [3.8, 4) is 6.07 Å². The SMILES string of the molecule is C/C(C#N)=C\C1(C)CCOCC1. The number of nitriles is 1. The summed E-state index contributed by atoms with van der Waals surface area (Å²) >= 11 is 0. The van der Waals surface area contributed by atoms with Gasteiger partial charge in [-0.25, -0.2) is 0 Å². The van der Waals surface area contributed by atoms with Crippen molar-refractivity contribution in [2.75, 3.05) is 13.2 Å². The molecule has 0 amide bonds. The van der Waals surface area contributed by atoms with E-state index in [9.17, 15) is 0 Å². The fourth-order valence-electron chi connectivity index (χ4n) is 1.54. The molecule has 0 bridgehead atoms. The van der Waals surface area contributed by atoms with Gasteiger partial charge in [0.25, 0.3) is 0 Å². The minimum Gasteiger partial charge on any atom is -0.381 e. The Balaban J connectivity index is 2.65. The van der Waals surface area contributed by atoms with E-state index in [1.54, 1.807) is 0 Å². The maximum Gasteiger partial charge on any atom is 0.0940 e. The van der Waals surface area contributed by atoms with E-state index < -0.39 is 0 Å². The molecule has 0 aromatic rings. The molecule has 0 unspecified atom stereocenters. The van der Waals surface area contributed by atoms with Crippen molar-refractivity contribution in [3.63, 3.8) is 0 Å². The first kappa shape index (κ1) is 9.28. The molecule has 0 atom stereocenters. The number of hydrogen-bond donors (Lipinski definition) is 0. The maximum atomic E-state index is 8.63. The summed E-state index contributed by atoms with van der Waals surface area (Å²) in [7, 11) is 0. The molecule has 1 fully saturated rings. The zero-order valence-electron chi connectivity index (χ0n) is 7.76. The molecule has 1 aliphatic rings. The lowest BCUT2D eigenvalue weighted by atomic mass is 9.81. The van der Waals surface area contributed by atoms with E-state index in [0.717, 1.165) is 31.6 Å². The van der Waals surface area contributed by atoms with Crippen LogP contribution in [0.4, 0.5) is 0 Å². The third kappa shape index (κ3) is 2.35. The van der Waals surface area contributed by atoms with Gasteiger partial charge < -0.3 is 4.74 Å². The zero-order valence-corrected chi connectivity index (χ0v) is 7.76. The van der Waals surface area contributed by atoms with E-state index in [2.05, 4.69) is 19.1 Å². The van der Waals surface area contributed by atoms with Gasteiger partial charge in [-0.05, 0) is 25.2 Å². The molecule has 2 heteroatoms. The van der Waals surface area contributed by atoms with Crippen molar-refractivity contribution in [2.24, 2.45) is 5.41 Å². The highest BCUT2D eigenvalue weighted by Crippen LogP contribution is 2.32. The Hall–Kier alpha value is -0.810. The van der Waals surface area contributed by atoms with E-state index in [4.69, 9.17) is 10.00 Å². The van der Waals surface area contributed by atoms with Gasteiger partial charge in [-0.2, -0.15) is 5.26 Å². The largest absolute Gasteiger partial charge is 0.381 e. The lowest BCUT2D eigenvalue weighted by Crippen LogP contribution is -2.24. The second-order valence-electron chi connectivity index (χ2n) is 3.71. The molecule has 0 aliphatic carbocycles. The van der Waals surface area contributed by atoms with E-state index in [1.807, 2.05) is 6.92 Å². The second kappa shape index (κ2) is 3.73. The van der Waals surface area contributed by atoms with Crippen LogP contribution >= 0.6 is 0 Å². The second-order valence-corrected chi connectivity index (χ2v) is 3.71. The fraction of sp³-hybridized carbons (Fsp3) is 0.700. The van der Waals surface area contributed by atoms with Gasteiger partial charge in [-0.1, -0.05) is 13.0 Å². The van der Waals surface area contributed by atoms with Crippen molar-refractivity contribution in [1.82, 2.24) is 0 Å². The van der Waals surface area contributed by atoms with Gasteiger partial charge in [0, 0.05) is 18.8 Å². The average molecular weight is 165 g/mol. The standard InChI is InChI=1S/C10H15NO/c1-9(8-11)7-10(2)3-5-12-6-4-10/h7H,3-6H2,1-2H3/b9-7+. The minimum atomic E-state index is 0.193. The average Bonchev–Trinajstić information content (AvgIpc) is 2.05. The molecule has 0 radical (unpaired) electrons. The number of allylic oxidation sites excluding steroid dienone is 2. The van der Waals surface area contributed by atoms with Crippen molar-refractivity contribution >= 4 is 0 Å². The normalized spacial score (nSPS) is 23.2. The van der Waals surface area contributed by atoms with Crippen LogP contribution in [0.25, 0.3) is 0 Å². The van der Waals surface area contributed by atoms with E-state index >= 15 is 0 Å². The summed E-state index contributed by atoms with van der Waals surface area (Å²) < 4.78 is 5.27. The highest BCUT2D eigenvalue weighted by molar-refractivity contribution is 5.20. The monoisotopic (exact) mass is 165 g/mol. The third-order valence-corrected chi connectivity index (χ3v) is 2.38. The molecule has 1 rings (SSSR count). The summed E-state index contributed by atoms with van der Waals surface area (Å²) in [5.41, 5.74) is 1.01. The van der Waals surface area contributed by atoms with Gasteiger partial charge in [0.2, 0.25) is 0 Å². The van der Waals surface area contributed by atoms with Gasteiger partial charge in [0.05, 0.1) is 6.07 Å². The third-order valence-electron chi connectivity index (χ3n) is 2.38. The predicted octanol–water partition coefficient (Wildman–Crippen LogP) is 2.27. The van der Waals surface area contributed by atoms with Crippen LogP contribution in [0.1, 0.15) is 26.7 Å². The first-order chi connectivity index (χ1) is 5.66. The molecule has 1 heterocycles. The molecule has 0 aromatic carbocycles. The van der Waals surface area contributed by atoms with Crippen LogP contribution in [0.3, 0.4) is 0 Å². The van der Waals surface area contributed by atoms with Crippen LogP contribution in [0.2, 0.25) is 0 Å². The molecular weight excluding hydrogens is 150 g/mol. The van der Waals surface area contributed by atoms with Crippen LogP contribution in [-0.2, 0) is 4.74 Å². The highest BCUT2D eigenvalue weighted by atomic mass is 16.5. The summed E-state index contributed by atoms with van der Waals surface area (Å²) in [4.78, 5) is 0. The van der Waals surface area contributed by atoms with Crippen LogP contribution in [0.5, 0.6) is 0 Å². The highest BCUT2D eigenvalue weighted by Gasteiger charge is 2.24. The summed E-state index contributed by atoms with van der Waals surface area (Å²) in [6.07, 6.45) is 4.15. The number of ether oxygens (including phenoxy) is 1. The molecule has 0 N–H and O–H groups in total. The van der Waals surface area contributed by atoms with Gasteiger partial charge in [0.1, 0.15) is 0 Å². The molecule has 0 spiro atoms. The topological polar surface area (TPSA) is 33.0 Å². The van der Waals surface area contributed by atoms with Gasteiger partial charge in [-0.15, -0.1) is 0 Å². The molecule has 2 nitrogen and oxygen atoms in total. The van der Waals surface area contributed by atoms with Crippen LogP contribution in [0, 0.1) is 16.7 Å². The molecule has 0 saturated carbocycles. The van der Waals surface area contributed by atoms with Crippen LogP contribution in [-0.4, -0.2) is 13.2 Å². The van der Waals surface area contributed by atoms with E-state index in [-0.39, 0.29) is 5.41 Å². The minimum absolute atomic E-state index is 0.193. The fourth-order valence-corrected chi connectivity index (χ4v) is 1.54. The first-order valence-corrected chi connectivity index (χ1v) is 4.34. The first-order valence-electron chi connectivity index (χ1n) is 4.34. The quantitative estimate of drug-likeness (QED) is 0.558. The Labute approximate surface area is 73.8 Å². The van der Waals surface area contributed by atoms with Gasteiger partial charge in [0.15, 0.2) is 0 Å². The van der Waals surface area contributed by atoms with E-state index in [0.29, 0.717) is 0 Å². The molecular formula is C10H15NO. The van der Waals surface area contributed by atoms with Gasteiger partial charge in [-0.3, -0.25) is 0 Å². The summed E-state index contributed by atoms with van der Waals surface area (Å²) in [6.45, 7) is 5.70. The number of nitrogens with zero attached hydrogens (tertiary/aromatic N) is 1. The lowest BCUT2D eigenvalue weighted by molar-refractivity contribution is 0.0447. The Morgan fingerprint density at radius 3 is 2.58 bits per heavy atom. The Bertz CT molecular complexity index is 218. The summed E-state index contributed by atoms with van der Waals surface area (Å²) in [6, 6.07) is 2.16. The van der Waals surface area contributed by atoms with Crippen LogP contribution in [0.15, 0.2) is 11.6 Å². The molecule has 0 aromatic heterocycles. The lowest BCUT2D eigenvalue weighted by Gasteiger charge is -2.30. The zero-order chi connectivity index (χ0) is 9.03. The van der Waals surface area contributed by atoms with Crippen molar-refractivity contribution in [3.05, 3.63) is 11.6 Å². The number of hydrogen-bond acceptors (Lipinski definition) is 2. The van der Waals surface area contributed by atoms with Gasteiger partial charge >= 0.3 is 0 Å². The maximum absolute atomic E-state index is 8.63. The summed E-state index contributed by atoms with van der Waals surface area (Å²) in [5, 5.41) is 8.63. The molecule has 66 valence electrons. The van der Waals surface area contributed by atoms with Crippen molar-refractivity contribution < 1.29 is 4.74 Å².